The second-order valence-corrected chi connectivity index (χ2v) is 5.98. The normalized spacial score (nSPS) is 11.1. The Morgan fingerprint density at radius 1 is 1.26 bits per heavy atom. The van der Waals surface area contributed by atoms with Crippen molar-refractivity contribution in [2.45, 2.75) is 4.90 Å². The van der Waals surface area contributed by atoms with Gasteiger partial charge in [-0.25, -0.2) is 4.98 Å². The fourth-order valence-corrected chi connectivity index (χ4v) is 3.43. The summed E-state index contributed by atoms with van der Waals surface area (Å²) < 4.78 is 6.14. The molecule has 0 saturated heterocycles. The first-order chi connectivity index (χ1) is 9.21. The van der Waals surface area contributed by atoms with Gasteiger partial charge in [0, 0.05) is 17.0 Å². The average molecular weight is 289 g/mol. The highest BCUT2D eigenvalue weighted by atomic mass is 32.2. The van der Waals surface area contributed by atoms with E-state index in [4.69, 9.17) is 4.74 Å². The lowest BCUT2D eigenvalue weighted by Crippen LogP contribution is -2.05. The molecule has 0 unspecified atom stereocenters. The van der Waals surface area contributed by atoms with Gasteiger partial charge in [-0.3, -0.25) is 4.79 Å². The maximum absolute atomic E-state index is 11.8. The van der Waals surface area contributed by atoms with E-state index in [9.17, 15) is 4.79 Å². The SMILES string of the molecule is COc1cc2nc3ccc(SC)cc3sc-2cc1=O. The third-order valence-corrected chi connectivity index (χ3v) is 4.69. The lowest BCUT2D eigenvalue weighted by Gasteiger charge is -2.08. The number of fused-ring (bicyclic) bond motifs is 2. The maximum Gasteiger partial charge on any atom is 0.221 e. The van der Waals surface area contributed by atoms with Crippen LogP contribution in [0.5, 0.6) is 5.75 Å². The van der Waals surface area contributed by atoms with Crippen LogP contribution in [0.4, 0.5) is 0 Å². The first-order valence-electron chi connectivity index (χ1n) is 5.68. The molecule has 1 aromatic carbocycles. The van der Waals surface area contributed by atoms with E-state index in [0.717, 1.165) is 20.8 Å². The first-order valence-corrected chi connectivity index (χ1v) is 7.72. The monoisotopic (exact) mass is 289 g/mol. The van der Waals surface area contributed by atoms with Crippen LogP contribution >= 0.6 is 23.1 Å². The van der Waals surface area contributed by atoms with E-state index in [-0.39, 0.29) is 5.43 Å². The van der Waals surface area contributed by atoms with Crippen LogP contribution in [0.3, 0.4) is 0 Å². The van der Waals surface area contributed by atoms with Crippen LogP contribution in [0.15, 0.2) is 40.0 Å². The summed E-state index contributed by atoms with van der Waals surface area (Å²) in [5, 5.41) is 0. The molecule has 0 bridgehead atoms. The van der Waals surface area contributed by atoms with Crippen LogP contribution in [0.25, 0.3) is 20.8 Å². The Morgan fingerprint density at radius 2 is 2.11 bits per heavy atom. The number of thioether (sulfide) groups is 1. The molecule has 0 fully saturated rings. The molecule has 1 aliphatic carbocycles. The average Bonchev–Trinajstić information content (AvgIpc) is 2.44. The number of ether oxygens (including phenoxy) is 1. The van der Waals surface area contributed by atoms with E-state index >= 15 is 0 Å². The molecule has 1 aliphatic heterocycles. The fraction of sp³-hybridized carbons (Fsp3) is 0.143. The predicted octanol–water partition coefficient (Wildman–Crippen LogP) is 3.49. The topological polar surface area (TPSA) is 39.2 Å². The molecule has 3 rings (SSSR count). The second-order valence-electron chi connectivity index (χ2n) is 4.02. The minimum absolute atomic E-state index is 0.103. The minimum Gasteiger partial charge on any atom is -0.493 e. The number of hydrogen-bond acceptors (Lipinski definition) is 5. The van der Waals surface area contributed by atoms with Gasteiger partial charge in [-0.2, -0.15) is 0 Å². The maximum atomic E-state index is 11.8. The van der Waals surface area contributed by atoms with Crippen LogP contribution in [0, 0.1) is 0 Å². The number of benzene rings is 2. The molecule has 0 radical (unpaired) electrons. The van der Waals surface area contributed by atoms with Crippen molar-refractivity contribution in [3.8, 4) is 16.3 Å². The molecular weight excluding hydrogens is 278 g/mol. The van der Waals surface area contributed by atoms with Gasteiger partial charge in [0.15, 0.2) is 5.75 Å². The third kappa shape index (κ3) is 2.19. The summed E-state index contributed by atoms with van der Waals surface area (Å²) in [5.41, 5.74) is 1.63. The standard InChI is InChI=1S/C14H11NO2S2/c1-17-12-6-10-14(7-11(12)16)19-13-5-8(18-2)3-4-9(13)15-10/h3-7H,1-2H3. The molecule has 96 valence electrons. The van der Waals surface area contributed by atoms with Gasteiger partial charge in [0.2, 0.25) is 5.43 Å². The molecule has 1 aromatic rings. The van der Waals surface area contributed by atoms with Crippen molar-refractivity contribution < 1.29 is 4.74 Å². The minimum atomic E-state index is -0.103. The summed E-state index contributed by atoms with van der Waals surface area (Å²) in [7, 11) is 1.50. The predicted molar refractivity (Wildman–Crippen MR) is 80.8 cm³/mol. The largest absolute Gasteiger partial charge is 0.493 e. The van der Waals surface area contributed by atoms with Gasteiger partial charge in [-0.05, 0) is 24.5 Å². The van der Waals surface area contributed by atoms with Crippen molar-refractivity contribution >= 4 is 33.3 Å². The molecule has 5 heteroatoms. The first kappa shape index (κ1) is 12.4. The highest BCUT2D eigenvalue weighted by Crippen LogP contribution is 2.32. The molecule has 0 aromatic heterocycles. The van der Waals surface area contributed by atoms with Crippen molar-refractivity contribution in [1.82, 2.24) is 4.98 Å². The third-order valence-electron chi connectivity index (χ3n) is 2.87. The molecule has 19 heavy (non-hydrogen) atoms. The summed E-state index contributed by atoms with van der Waals surface area (Å²) in [6, 6.07) is 9.46. The van der Waals surface area contributed by atoms with Crippen molar-refractivity contribution in [2.75, 3.05) is 13.4 Å². The molecule has 3 nitrogen and oxygen atoms in total. The van der Waals surface area contributed by atoms with Crippen molar-refractivity contribution in [1.29, 1.82) is 0 Å². The number of nitrogens with zero attached hydrogens (tertiary/aromatic N) is 1. The Bertz CT molecular complexity index is 782. The van der Waals surface area contributed by atoms with Crippen LogP contribution in [0.2, 0.25) is 0 Å². The number of hydrogen-bond donors (Lipinski definition) is 0. The van der Waals surface area contributed by atoms with Crippen LogP contribution < -0.4 is 10.2 Å². The highest BCUT2D eigenvalue weighted by molar-refractivity contribution is 7.98. The number of methoxy groups -OCH3 is 1. The van der Waals surface area contributed by atoms with Gasteiger partial charge >= 0.3 is 0 Å². The van der Waals surface area contributed by atoms with E-state index in [0.29, 0.717) is 5.75 Å². The zero-order chi connectivity index (χ0) is 13.4. The van der Waals surface area contributed by atoms with E-state index < -0.39 is 0 Å². The Labute approximate surface area is 118 Å². The van der Waals surface area contributed by atoms with Gasteiger partial charge in [-0.15, -0.1) is 23.1 Å². The summed E-state index contributed by atoms with van der Waals surface area (Å²) >= 11 is 3.28. The molecule has 1 heterocycles. The van der Waals surface area contributed by atoms with Gasteiger partial charge < -0.3 is 4.74 Å². The number of rotatable bonds is 2. The Hall–Kier alpha value is -1.59. The van der Waals surface area contributed by atoms with Crippen molar-refractivity contribution in [2.24, 2.45) is 0 Å². The smallest absolute Gasteiger partial charge is 0.221 e. The van der Waals surface area contributed by atoms with Crippen LogP contribution in [0.1, 0.15) is 0 Å². The molecule has 0 atom stereocenters. The Balaban J connectivity index is 2.33. The molecule has 0 saturated carbocycles. The summed E-state index contributed by atoms with van der Waals surface area (Å²) in [6.45, 7) is 0. The molecule has 0 amide bonds. The number of aromatic nitrogens is 1. The van der Waals surface area contributed by atoms with Crippen LogP contribution in [-0.2, 0) is 0 Å². The van der Waals surface area contributed by atoms with E-state index in [2.05, 4.69) is 17.1 Å². The van der Waals surface area contributed by atoms with E-state index in [1.807, 2.05) is 12.3 Å². The van der Waals surface area contributed by atoms with Gasteiger partial charge in [-0.1, -0.05) is 0 Å². The zero-order valence-corrected chi connectivity index (χ0v) is 12.1. The highest BCUT2D eigenvalue weighted by Gasteiger charge is 2.11. The quantitative estimate of drug-likeness (QED) is 0.535. The molecule has 2 aliphatic rings. The van der Waals surface area contributed by atoms with Crippen LogP contribution in [-0.4, -0.2) is 18.3 Å². The van der Waals surface area contributed by atoms with Gasteiger partial charge in [0.1, 0.15) is 0 Å². The fourth-order valence-electron chi connectivity index (χ4n) is 1.90. The van der Waals surface area contributed by atoms with E-state index in [1.165, 1.54) is 12.0 Å². The molecule has 0 spiro atoms. The summed E-state index contributed by atoms with van der Waals surface area (Å²) in [4.78, 5) is 18.4. The van der Waals surface area contributed by atoms with E-state index in [1.54, 1.807) is 35.2 Å². The Morgan fingerprint density at radius 3 is 2.84 bits per heavy atom. The zero-order valence-electron chi connectivity index (χ0n) is 10.5. The lowest BCUT2D eigenvalue weighted by molar-refractivity contribution is 0.411. The summed E-state index contributed by atoms with van der Waals surface area (Å²) in [6.07, 6.45) is 2.04. The van der Waals surface area contributed by atoms with Gasteiger partial charge in [0.25, 0.3) is 0 Å². The summed E-state index contributed by atoms with van der Waals surface area (Å²) in [5.74, 6) is 0.340. The van der Waals surface area contributed by atoms with Gasteiger partial charge in [0.05, 0.1) is 27.9 Å². The molecular formula is C14H11NO2S2. The van der Waals surface area contributed by atoms with Crippen molar-refractivity contribution in [3.05, 3.63) is 40.6 Å². The molecule has 0 N–H and O–H groups in total. The second kappa shape index (κ2) is 4.83. The lowest BCUT2D eigenvalue weighted by atomic mass is 10.2. The van der Waals surface area contributed by atoms with Crippen molar-refractivity contribution in [3.63, 3.8) is 0 Å². The Kier molecular flexibility index (Phi) is 3.16.